The van der Waals surface area contributed by atoms with Crippen molar-refractivity contribution < 1.29 is 19.8 Å². The van der Waals surface area contributed by atoms with E-state index in [1.54, 1.807) is 6.92 Å². The van der Waals surface area contributed by atoms with Crippen molar-refractivity contribution >= 4 is 11.9 Å². The smallest absolute Gasteiger partial charge is 0.327 e. The molecule has 0 aromatic carbocycles. The largest absolute Gasteiger partial charge is 0.481 e. The number of hydrogen-bond donors (Lipinski definition) is 2. The lowest BCUT2D eigenvalue weighted by Gasteiger charge is -2.17. The maximum absolute atomic E-state index is 10.7. The Morgan fingerprint density at radius 1 is 1.20 bits per heavy atom. The van der Waals surface area contributed by atoms with Crippen LogP contribution in [0.4, 0.5) is 0 Å². The lowest BCUT2D eigenvalue weighted by molar-refractivity contribution is -0.140. The van der Waals surface area contributed by atoms with Gasteiger partial charge in [-0.3, -0.25) is 4.79 Å². The van der Waals surface area contributed by atoms with Crippen molar-refractivity contribution in [2.75, 3.05) is 0 Å². The summed E-state index contributed by atoms with van der Waals surface area (Å²) in [5, 5.41) is 16.6. The van der Waals surface area contributed by atoms with Crippen molar-refractivity contribution in [1.29, 1.82) is 0 Å². The molecule has 2 N–H and O–H groups in total. The van der Waals surface area contributed by atoms with E-state index in [2.05, 4.69) is 27.4 Å². The zero-order valence-corrected chi connectivity index (χ0v) is 13.1. The first-order valence-corrected chi connectivity index (χ1v) is 6.85. The van der Waals surface area contributed by atoms with E-state index in [-0.39, 0.29) is 5.92 Å². The van der Waals surface area contributed by atoms with Crippen molar-refractivity contribution in [2.24, 2.45) is 11.3 Å². The van der Waals surface area contributed by atoms with E-state index in [9.17, 15) is 9.59 Å². The fourth-order valence-corrected chi connectivity index (χ4v) is 1.50. The van der Waals surface area contributed by atoms with Crippen LogP contribution in [0.3, 0.4) is 0 Å². The van der Waals surface area contributed by atoms with Crippen LogP contribution >= 0.6 is 0 Å². The van der Waals surface area contributed by atoms with Crippen LogP contribution in [0.2, 0.25) is 0 Å². The molecule has 1 unspecified atom stereocenters. The molecule has 0 saturated carbocycles. The summed E-state index contributed by atoms with van der Waals surface area (Å²) in [6.45, 7) is 11.8. The van der Waals surface area contributed by atoms with Crippen molar-refractivity contribution in [3.63, 3.8) is 0 Å². The summed E-state index contributed by atoms with van der Waals surface area (Å²) >= 11 is 0. The predicted molar refractivity (Wildman–Crippen MR) is 81.7 cm³/mol. The van der Waals surface area contributed by atoms with Gasteiger partial charge in [0.1, 0.15) is 0 Å². The van der Waals surface area contributed by atoms with Crippen LogP contribution in [-0.4, -0.2) is 22.2 Å². The topological polar surface area (TPSA) is 74.6 Å². The molecule has 0 heterocycles. The van der Waals surface area contributed by atoms with E-state index in [1.165, 1.54) is 12.2 Å². The van der Waals surface area contributed by atoms with Gasteiger partial charge in [-0.1, -0.05) is 45.8 Å². The van der Waals surface area contributed by atoms with E-state index in [0.717, 1.165) is 31.8 Å². The number of rotatable bonds is 7. The van der Waals surface area contributed by atoms with Gasteiger partial charge in [-0.05, 0) is 25.2 Å². The standard InChI is InChI=1S/C12H22O2.C4H6O2/c1-5-10(11(13)14)8-6-7-9-12(2,3)4;1-2-3-4(5)6/h5,10H,1,6-9H2,2-4H3,(H,13,14);2-3H,1H3,(H,5,6)/b;3-2+. The predicted octanol–water partition coefficient (Wildman–Crippen LogP) is 4.13. The van der Waals surface area contributed by atoms with E-state index in [1.807, 2.05) is 0 Å². The quantitative estimate of drug-likeness (QED) is 0.419. The maximum atomic E-state index is 10.7. The molecule has 116 valence electrons. The fourth-order valence-electron chi connectivity index (χ4n) is 1.50. The van der Waals surface area contributed by atoms with Crippen LogP contribution in [0.5, 0.6) is 0 Å². The monoisotopic (exact) mass is 284 g/mol. The number of unbranched alkanes of at least 4 members (excludes halogenated alkanes) is 1. The van der Waals surface area contributed by atoms with Gasteiger partial charge in [-0.15, -0.1) is 6.58 Å². The van der Waals surface area contributed by atoms with Gasteiger partial charge in [0.05, 0.1) is 5.92 Å². The average molecular weight is 284 g/mol. The summed E-state index contributed by atoms with van der Waals surface area (Å²) in [5.74, 6) is -2.01. The number of hydrogen-bond acceptors (Lipinski definition) is 2. The second-order valence-corrected chi connectivity index (χ2v) is 5.83. The first kappa shape index (κ1) is 20.7. The minimum atomic E-state index is -0.891. The molecule has 0 aliphatic carbocycles. The molecule has 0 saturated heterocycles. The fraction of sp³-hybridized carbons (Fsp3) is 0.625. The van der Waals surface area contributed by atoms with Crippen molar-refractivity contribution in [3.8, 4) is 0 Å². The van der Waals surface area contributed by atoms with Crippen molar-refractivity contribution in [2.45, 2.75) is 53.4 Å². The Morgan fingerprint density at radius 2 is 1.75 bits per heavy atom. The minimum Gasteiger partial charge on any atom is -0.481 e. The van der Waals surface area contributed by atoms with Gasteiger partial charge in [-0.2, -0.15) is 0 Å². The molecule has 0 bridgehead atoms. The van der Waals surface area contributed by atoms with Crippen molar-refractivity contribution in [1.82, 2.24) is 0 Å². The van der Waals surface area contributed by atoms with E-state index >= 15 is 0 Å². The molecule has 0 amide bonds. The second-order valence-electron chi connectivity index (χ2n) is 5.83. The van der Waals surface area contributed by atoms with Crippen LogP contribution < -0.4 is 0 Å². The first-order valence-electron chi connectivity index (χ1n) is 6.85. The lowest BCUT2D eigenvalue weighted by Crippen LogP contribution is -2.11. The highest BCUT2D eigenvalue weighted by atomic mass is 16.4. The molecule has 0 fully saturated rings. The Balaban J connectivity index is 0. The zero-order chi connectivity index (χ0) is 16.2. The number of carboxylic acids is 2. The van der Waals surface area contributed by atoms with Gasteiger partial charge in [0, 0.05) is 6.08 Å². The maximum Gasteiger partial charge on any atom is 0.327 e. The molecule has 0 aromatic rings. The van der Waals surface area contributed by atoms with E-state index in [4.69, 9.17) is 10.2 Å². The highest BCUT2D eigenvalue weighted by Crippen LogP contribution is 2.23. The van der Waals surface area contributed by atoms with E-state index < -0.39 is 11.9 Å². The SMILES string of the molecule is C/C=C/C(=O)O.C=CC(CCCCC(C)(C)C)C(=O)O. The third-order valence-corrected chi connectivity index (χ3v) is 2.60. The van der Waals surface area contributed by atoms with Gasteiger partial charge in [-0.25, -0.2) is 4.79 Å². The average Bonchev–Trinajstić information content (AvgIpc) is 2.27. The molecule has 4 heteroatoms. The Labute approximate surface area is 122 Å². The van der Waals surface area contributed by atoms with Crippen LogP contribution in [-0.2, 0) is 9.59 Å². The molecular weight excluding hydrogens is 256 g/mol. The highest BCUT2D eigenvalue weighted by Gasteiger charge is 2.14. The third kappa shape index (κ3) is 16.4. The molecule has 0 aliphatic rings. The molecule has 4 nitrogen and oxygen atoms in total. The molecule has 1 atom stereocenters. The van der Waals surface area contributed by atoms with Crippen LogP contribution in [0.15, 0.2) is 24.8 Å². The second kappa shape index (κ2) is 11.3. The molecule has 0 aromatic heterocycles. The lowest BCUT2D eigenvalue weighted by atomic mass is 9.88. The van der Waals surface area contributed by atoms with Crippen LogP contribution in [0.1, 0.15) is 53.4 Å². The minimum absolute atomic E-state index is 0.354. The summed E-state index contributed by atoms with van der Waals surface area (Å²) in [7, 11) is 0. The van der Waals surface area contributed by atoms with Gasteiger partial charge in [0.15, 0.2) is 0 Å². The summed E-state index contributed by atoms with van der Waals surface area (Å²) < 4.78 is 0. The van der Waals surface area contributed by atoms with Crippen LogP contribution in [0, 0.1) is 11.3 Å². The Morgan fingerprint density at radius 3 is 2.00 bits per heavy atom. The van der Waals surface area contributed by atoms with Crippen LogP contribution in [0.25, 0.3) is 0 Å². The van der Waals surface area contributed by atoms with Gasteiger partial charge >= 0.3 is 11.9 Å². The zero-order valence-electron chi connectivity index (χ0n) is 13.1. The molecule has 0 aliphatic heterocycles. The van der Waals surface area contributed by atoms with Crippen molar-refractivity contribution in [3.05, 3.63) is 24.8 Å². The molecule has 0 radical (unpaired) electrons. The number of carboxylic acid groups (broad SMARTS) is 2. The normalized spacial score (nSPS) is 12.4. The summed E-state index contributed by atoms with van der Waals surface area (Å²) in [4.78, 5) is 20.2. The molecular formula is C16H28O4. The van der Waals surface area contributed by atoms with E-state index in [0.29, 0.717) is 5.41 Å². The third-order valence-electron chi connectivity index (χ3n) is 2.60. The first-order chi connectivity index (χ1) is 9.14. The number of allylic oxidation sites excluding steroid dienone is 1. The Kier molecular flexibility index (Phi) is 11.7. The molecule has 0 rings (SSSR count). The Bertz CT molecular complexity index is 324. The number of carbonyl (C=O) groups is 2. The molecule has 0 spiro atoms. The van der Waals surface area contributed by atoms with Gasteiger partial charge < -0.3 is 10.2 Å². The Hall–Kier alpha value is -1.58. The number of aliphatic carboxylic acids is 2. The van der Waals surface area contributed by atoms with Gasteiger partial charge in [0.2, 0.25) is 0 Å². The summed E-state index contributed by atoms with van der Waals surface area (Å²) in [6.07, 6.45) is 8.02. The summed E-state index contributed by atoms with van der Waals surface area (Å²) in [6, 6.07) is 0. The van der Waals surface area contributed by atoms with Gasteiger partial charge in [0.25, 0.3) is 0 Å². The molecule has 20 heavy (non-hydrogen) atoms. The highest BCUT2D eigenvalue weighted by molar-refractivity contribution is 5.79. The summed E-state index contributed by atoms with van der Waals surface area (Å²) in [5.41, 5.74) is 0.354.